The Bertz CT molecular complexity index is 608. The quantitative estimate of drug-likeness (QED) is 0.847. The second kappa shape index (κ2) is 5.52. The van der Waals surface area contributed by atoms with Gasteiger partial charge in [0.15, 0.2) is 0 Å². The fourth-order valence-electron chi connectivity index (χ4n) is 2.33. The largest absolute Gasteiger partial charge is 0.398 e. The van der Waals surface area contributed by atoms with E-state index in [1.54, 1.807) is 13.0 Å². The molecule has 0 aliphatic carbocycles. The van der Waals surface area contributed by atoms with Crippen LogP contribution in [0, 0.1) is 6.92 Å². The Hall–Kier alpha value is -0.820. The van der Waals surface area contributed by atoms with Gasteiger partial charge in [-0.05, 0) is 38.5 Å². The zero-order valence-corrected chi connectivity index (χ0v) is 13.3. The van der Waals surface area contributed by atoms with Crippen LogP contribution in [0.3, 0.4) is 0 Å². The normalized spacial score (nSPS) is 24.8. The molecule has 1 aliphatic heterocycles. The van der Waals surface area contributed by atoms with Crippen molar-refractivity contribution in [3.63, 3.8) is 0 Å². The highest BCUT2D eigenvalue weighted by Crippen LogP contribution is 2.30. The minimum absolute atomic E-state index is 0.0589. The molecule has 0 bridgehead atoms. The predicted molar refractivity (Wildman–Crippen MR) is 79.4 cm³/mol. The van der Waals surface area contributed by atoms with E-state index >= 15 is 0 Å². The van der Waals surface area contributed by atoms with Crippen molar-refractivity contribution in [3.8, 4) is 0 Å². The van der Waals surface area contributed by atoms with Gasteiger partial charge in [0.1, 0.15) is 4.90 Å². The van der Waals surface area contributed by atoms with Crippen LogP contribution in [0.15, 0.2) is 17.0 Å². The fraction of sp³-hybridized carbons (Fsp3) is 0.538. The summed E-state index contributed by atoms with van der Waals surface area (Å²) < 4.78 is 32.3. The first-order valence-corrected chi connectivity index (χ1v) is 8.25. The molecule has 0 amide bonds. The number of sulfonamides is 1. The van der Waals surface area contributed by atoms with Gasteiger partial charge in [-0.3, -0.25) is 0 Å². The van der Waals surface area contributed by atoms with Gasteiger partial charge in [-0.1, -0.05) is 11.6 Å². The van der Waals surface area contributed by atoms with Gasteiger partial charge in [0.25, 0.3) is 0 Å². The van der Waals surface area contributed by atoms with E-state index < -0.39 is 10.0 Å². The monoisotopic (exact) mass is 318 g/mol. The number of hydrogen-bond donors (Lipinski definition) is 1. The number of halogens is 1. The van der Waals surface area contributed by atoms with E-state index in [1.165, 1.54) is 10.4 Å². The van der Waals surface area contributed by atoms with Crippen LogP contribution in [0.4, 0.5) is 5.69 Å². The van der Waals surface area contributed by atoms with Crippen LogP contribution in [-0.2, 0) is 14.8 Å². The van der Waals surface area contributed by atoms with Gasteiger partial charge in [-0.15, -0.1) is 0 Å². The lowest BCUT2D eigenvalue weighted by atomic mass is 10.2. The highest BCUT2D eigenvalue weighted by atomic mass is 35.5. The maximum absolute atomic E-state index is 12.7. The average Bonchev–Trinajstić information content (AvgIpc) is 2.32. The lowest BCUT2D eigenvalue weighted by molar-refractivity contribution is -0.0440. The second-order valence-corrected chi connectivity index (χ2v) is 7.53. The maximum atomic E-state index is 12.7. The van der Waals surface area contributed by atoms with Gasteiger partial charge in [0.05, 0.1) is 17.2 Å². The molecular formula is C13H19ClN2O3S. The summed E-state index contributed by atoms with van der Waals surface area (Å²) in [6.07, 6.45) is -0.287. The molecule has 20 heavy (non-hydrogen) atoms. The molecule has 7 heteroatoms. The topological polar surface area (TPSA) is 72.6 Å². The van der Waals surface area contributed by atoms with Crippen molar-refractivity contribution in [2.75, 3.05) is 18.8 Å². The first-order valence-electron chi connectivity index (χ1n) is 6.43. The third-order valence-corrected chi connectivity index (χ3v) is 5.62. The molecule has 0 spiro atoms. The number of nitrogens with zero attached hydrogens (tertiary/aromatic N) is 1. The molecular weight excluding hydrogens is 300 g/mol. The molecule has 1 heterocycles. The number of rotatable bonds is 2. The fourth-order valence-corrected chi connectivity index (χ4v) is 4.51. The van der Waals surface area contributed by atoms with Crippen molar-refractivity contribution in [1.82, 2.24) is 4.31 Å². The number of benzene rings is 1. The Kier molecular flexibility index (Phi) is 4.30. The van der Waals surface area contributed by atoms with Gasteiger partial charge < -0.3 is 10.5 Å². The molecule has 0 aromatic heterocycles. The van der Waals surface area contributed by atoms with Crippen LogP contribution >= 0.6 is 11.6 Å². The van der Waals surface area contributed by atoms with Crippen molar-refractivity contribution in [2.24, 2.45) is 0 Å². The van der Waals surface area contributed by atoms with Crippen LogP contribution in [0.25, 0.3) is 0 Å². The Balaban J connectivity index is 2.42. The van der Waals surface area contributed by atoms with Crippen molar-refractivity contribution in [2.45, 2.75) is 37.9 Å². The highest BCUT2D eigenvalue weighted by molar-refractivity contribution is 7.89. The summed E-state index contributed by atoms with van der Waals surface area (Å²) in [5, 5.41) is 0.198. The van der Waals surface area contributed by atoms with E-state index in [1.807, 2.05) is 13.8 Å². The number of aryl methyl sites for hydroxylation is 1. The molecule has 1 aromatic carbocycles. The van der Waals surface area contributed by atoms with Gasteiger partial charge >= 0.3 is 0 Å². The van der Waals surface area contributed by atoms with Crippen LogP contribution in [-0.4, -0.2) is 38.0 Å². The SMILES string of the molecule is Cc1cc(Cl)c(S(=O)(=O)N2CC(C)OC(C)C2)cc1N. The van der Waals surface area contributed by atoms with E-state index in [9.17, 15) is 8.42 Å². The van der Waals surface area contributed by atoms with Crippen molar-refractivity contribution < 1.29 is 13.2 Å². The molecule has 2 N–H and O–H groups in total. The smallest absolute Gasteiger partial charge is 0.244 e. The van der Waals surface area contributed by atoms with E-state index in [0.29, 0.717) is 18.8 Å². The highest BCUT2D eigenvalue weighted by Gasteiger charge is 2.33. The Morgan fingerprint density at radius 3 is 2.40 bits per heavy atom. The average molecular weight is 319 g/mol. The zero-order valence-electron chi connectivity index (χ0n) is 11.8. The number of hydrogen-bond acceptors (Lipinski definition) is 4. The third kappa shape index (κ3) is 2.93. The molecule has 2 rings (SSSR count). The molecule has 0 radical (unpaired) electrons. The third-order valence-electron chi connectivity index (χ3n) is 3.32. The second-order valence-electron chi connectivity index (χ2n) is 5.22. The minimum Gasteiger partial charge on any atom is -0.398 e. The van der Waals surface area contributed by atoms with Gasteiger partial charge in [-0.25, -0.2) is 8.42 Å². The summed E-state index contributed by atoms with van der Waals surface area (Å²) in [7, 11) is -3.66. The molecule has 2 atom stereocenters. The summed E-state index contributed by atoms with van der Waals surface area (Å²) in [4.78, 5) is 0.0589. The van der Waals surface area contributed by atoms with Gasteiger partial charge in [0.2, 0.25) is 10.0 Å². The molecule has 2 unspecified atom stereocenters. The zero-order chi connectivity index (χ0) is 15.1. The van der Waals surface area contributed by atoms with Crippen LogP contribution in [0.1, 0.15) is 19.4 Å². The predicted octanol–water partition coefficient (Wildman–Crippen LogP) is 2.03. The van der Waals surface area contributed by atoms with Gasteiger partial charge in [0, 0.05) is 18.8 Å². The molecule has 1 saturated heterocycles. The summed E-state index contributed by atoms with van der Waals surface area (Å²) in [5.74, 6) is 0. The molecule has 1 aliphatic rings. The summed E-state index contributed by atoms with van der Waals surface area (Å²) in [6.45, 7) is 6.12. The molecule has 112 valence electrons. The van der Waals surface area contributed by atoms with E-state index in [-0.39, 0.29) is 22.1 Å². The Labute approximate surface area is 124 Å². The van der Waals surface area contributed by atoms with Crippen LogP contribution < -0.4 is 5.73 Å². The Morgan fingerprint density at radius 2 is 1.85 bits per heavy atom. The minimum atomic E-state index is -3.66. The lowest BCUT2D eigenvalue weighted by Gasteiger charge is -2.34. The van der Waals surface area contributed by atoms with Crippen molar-refractivity contribution >= 4 is 27.3 Å². The Morgan fingerprint density at radius 1 is 1.30 bits per heavy atom. The molecule has 1 fully saturated rings. The summed E-state index contributed by atoms with van der Waals surface area (Å²) >= 11 is 6.09. The van der Waals surface area contributed by atoms with E-state index in [0.717, 1.165) is 5.56 Å². The number of anilines is 1. The number of nitrogens with two attached hydrogens (primary N) is 1. The van der Waals surface area contributed by atoms with Crippen molar-refractivity contribution in [1.29, 1.82) is 0 Å². The van der Waals surface area contributed by atoms with Crippen LogP contribution in [0.5, 0.6) is 0 Å². The van der Waals surface area contributed by atoms with Gasteiger partial charge in [-0.2, -0.15) is 4.31 Å². The standard InChI is InChI=1S/C13H19ClN2O3S/c1-8-4-11(14)13(5-12(8)15)20(17,18)16-6-9(2)19-10(3)7-16/h4-5,9-10H,6-7,15H2,1-3H3. The summed E-state index contributed by atoms with van der Waals surface area (Å²) in [5.41, 5.74) is 6.98. The van der Waals surface area contributed by atoms with Crippen molar-refractivity contribution in [3.05, 3.63) is 22.7 Å². The van der Waals surface area contributed by atoms with Crippen LogP contribution in [0.2, 0.25) is 5.02 Å². The molecule has 1 aromatic rings. The first kappa shape index (κ1) is 15.6. The lowest BCUT2D eigenvalue weighted by Crippen LogP contribution is -2.48. The first-order chi connectivity index (χ1) is 9.21. The summed E-state index contributed by atoms with van der Waals surface area (Å²) in [6, 6.07) is 3.01. The molecule has 0 saturated carbocycles. The number of nitrogen functional groups attached to an aromatic ring is 1. The van der Waals surface area contributed by atoms with E-state index in [2.05, 4.69) is 0 Å². The number of ether oxygens (including phenoxy) is 1. The number of morpholine rings is 1. The van der Waals surface area contributed by atoms with E-state index in [4.69, 9.17) is 22.1 Å². The maximum Gasteiger partial charge on any atom is 0.244 e. The molecule has 5 nitrogen and oxygen atoms in total.